The van der Waals surface area contributed by atoms with Crippen molar-refractivity contribution in [3.8, 4) is 5.69 Å². The van der Waals surface area contributed by atoms with Gasteiger partial charge in [0.05, 0.1) is 23.0 Å². The van der Waals surface area contributed by atoms with Crippen molar-refractivity contribution in [2.45, 2.75) is 13.5 Å². The molecule has 0 fully saturated rings. The van der Waals surface area contributed by atoms with E-state index in [0.29, 0.717) is 32.7 Å². The van der Waals surface area contributed by atoms with Gasteiger partial charge in [0.15, 0.2) is 5.43 Å². The van der Waals surface area contributed by atoms with Crippen molar-refractivity contribution in [2.75, 3.05) is 0 Å². The van der Waals surface area contributed by atoms with E-state index in [1.165, 1.54) is 18.5 Å². The number of nitrogens with zero attached hydrogens (tertiary/aromatic N) is 2. The number of allylic oxidation sites excluding steroid dienone is 1. The highest BCUT2D eigenvalue weighted by Gasteiger charge is 2.22. The molecule has 1 amide bonds. The third-order valence-corrected chi connectivity index (χ3v) is 5.73. The van der Waals surface area contributed by atoms with E-state index in [4.69, 9.17) is 27.9 Å². The molecule has 2 heterocycles. The van der Waals surface area contributed by atoms with E-state index >= 15 is 0 Å². The molecule has 0 saturated carbocycles. The normalized spacial score (nSPS) is 11.1. The highest BCUT2D eigenvalue weighted by Crippen LogP contribution is 2.29. The van der Waals surface area contributed by atoms with Gasteiger partial charge in [-0.3, -0.25) is 9.59 Å². The van der Waals surface area contributed by atoms with Crippen LogP contribution in [0.15, 0.2) is 90.6 Å². The van der Waals surface area contributed by atoms with Gasteiger partial charge in [-0.15, -0.1) is 0 Å². The van der Waals surface area contributed by atoms with Crippen molar-refractivity contribution in [2.24, 2.45) is 0 Å². The second-order valence-corrected chi connectivity index (χ2v) is 8.38. The lowest BCUT2D eigenvalue weighted by molar-refractivity contribution is 0.0950. The van der Waals surface area contributed by atoms with Crippen molar-refractivity contribution < 1.29 is 9.53 Å². The van der Waals surface area contributed by atoms with Crippen LogP contribution in [0.4, 0.5) is 0 Å². The third-order valence-electron chi connectivity index (χ3n) is 5.27. The van der Waals surface area contributed by atoms with Gasteiger partial charge in [-0.1, -0.05) is 54.1 Å². The number of hydrogen-bond acceptors (Lipinski definition) is 4. The first kappa shape index (κ1) is 24.3. The summed E-state index contributed by atoms with van der Waals surface area (Å²) < 4.78 is 7.57. The molecule has 2 aromatic carbocycles. The smallest absolute Gasteiger partial charge is 0.253 e. The number of fused-ring (bicyclic) bond motifs is 1. The molecule has 4 rings (SSSR count). The summed E-state index contributed by atoms with van der Waals surface area (Å²) in [6.45, 7) is 5.81. The van der Waals surface area contributed by atoms with Crippen LogP contribution >= 0.6 is 23.2 Å². The third kappa shape index (κ3) is 5.14. The number of carbonyl (C=O) groups is 1. The quantitative estimate of drug-likeness (QED) is 0.241. The number of nitrogens with one attached hydrogen (secondary N) is 1. The number of benzene rings is 2. The Hall–Kier alpha value is -3.87. The summed E-state index contributed by atoms with van der Waals surface area (Å²) in [5.41, 5.74) is 2.15. The van der Waals surface area contributed by atoms with Crippen LogP contribution in [0.25, 0.3) is 22.3 Å². The van der Waals surface area contributed by atoms with Gasteiger partial charge in [0, 0.05) is 34.4 Å². The zero-order chi connectivity index (χ0) is 24.9. The van der Waals surface area contributed by atoms with Crippen molar-refractivity contribution in [3.63, 3.8) is 0 Å². The summed E-state index contributed by atoms with van der Waals surface area (Å²) in [5, 5.41) is 4.00. The van der Waals surface area contributed by atoms with Crippen LogP contribution in [-0.2, 0) is 11.3 Å². The maximum atomic E-state index is 13.7. The number of aromatic nitrogens is 2. The Balaban J connectivity index is 1.93. The zero-order valence-electron chi connectivity index (χ0n) is 18.8. The minimum atomic E-state index is -0.401. The first-order valence-corrected chi connectivity index (χ1v) is 11.5. The fourth-order valence-corrected chi connectivity index (χ4v) is 3.97. The van der Waals surface area contributed by atoms with Gasteiger partial charge in [-0.25, -0.2) is 4.98 Å². The predicted molar refractivity (Wildman–Crippen MR) is 140 cm³/mol. The largest absolute Gasteiger partial charge is 0.464 e. The molecule has 2 aromatic heterocycles. The Morgan fingerprint density at radius 1 is 1.14 bits per heavy atom. The van der Waals surface area contributed by atoms with Crippen LogP contribution in [0.5, 0.6) is 0 Å². The molecule has 4 aromatic rings. The van der Waals surface area contributed by atoms with Gasteiger partial charge in [0.1, 0.15) is 10.9 Å². The number of amides is 1. The minimum absolute atomic E-state index is 0.0702. The summed E-state index contributed by atoms with van der Waals surface area (Å²) in [6, 6.07) is 17.6. The molecule has 8 heteroatoms. The van der Waals surface area contributed by atoms with Gasteiger partial charge in [-0.2, -0.15) is 0 Å². The number of rotatable bonds is 7. The molecule has 0 aliphatic rings. The number of carbonyl (C=O) groups excluding carboxylic acids is 1. The molecule has 176 valence electrons. The Bertz CT molecular complexity index is 1490. The lowest BCUT2D eigenvalue weighted by Crippen LogP contribution is -2.29. The molecule has 0 aliphatic carbocycles. The van der Waals surface area contributed by atoms with Gasteiger partial charge in [0.2, 0.25) is 0 Å². The fourth-order valence-electron chi connectivity index (χ4n) is 3.70. The number of pyridine rings is 2. The zero-order valence-corrected chi connectivity index (χ0v) is 20.3. The summed E-state index contributed by atoms with van der Waals surface area (Å²) in [7, 11) is 0. The van der Waals surface area contributed by atoms with E-state index in [1.54, 1.807) is 37.3 Å². The molecule has 0 atom stereocenters. The van der Waals surface area contributed by atoms with Crippen LogP contribution in [0.3, 0.4) is 0 Å². The Morgan fingerprint density at radius 2 is 1.91 bits per heavy atom. The van der Waals surface area contributed by atoms with E-state index in [2.05, 4.69) is 16.9 Å². The van der Waals surface area contributed by atoms with Crippen LogP contribution < -0.4 is 10.7 Å². The molecular formula is C27H21Cl2N3O3. The maximum absolute atomic E-state index is 13.7. The van der Waals surface area contributed by atoms with Crippen LogP contribution in [0.2, 0.25) is 10.2 Å². The number of hydrogen-bond donors (Lipinski definition) is 1. The van der Waals surface area contributed by atoms with Gasteiger partial charge in [-0.05, 0) is 49.4 Å². The summed E-state index contributed by atoms with van der Waals surface area (Å²) in [5.74, 6) is -0.162. The molecule has 35 heavy (non-hydrogen) atoms. The summed E-state index contributed by atoms with van der Waals surface area (Å²) in [6.07, 6.45) is 4.56. The second-order valence-electron chi connectivity index (χ2n) is 7.55. The van der Waals surface area contributed by atoms with Gasteiger partial charge < -0.3 is 14.6 Å². The molecule has 0 saturated heterocycles. The summed E-state index contributed by atoms with van der Waals surface area (Å²) >= 11 is 12.1. The Morgan fingerprint density at radius 3 is 2.60 bits per heavy atom. The average Bonchev–Trinajstić information content (AvgIpc) is 2.87. The van der Waals surface area contributed by atoms with Gasteiger partial charge >= 0.3 is 0 Å². The SMILES string of the molecule is C=C(O/C=C\C)c1c(CNC(=O)c2ccc(Cl)nc2)c(=O)c2ccc(Cl)cc2n1-c1ccccc1. The van der Waals surface area contributed by atoms with E-state index in [0.717, 1.165) is 5.69 Å². The topological polar surface area (TPSA) is 73.2 Å². The predicted octanol–water partition coefficient (Wildman–Crippen LogP) is 6.14. The Kier molecular flexibility index (Phi) is 7.34. The number of halogens is 2. The lowest BCUT2D eigenvalue weighted by Gasteiger charge is -2.22. The highest BCUT2D eigenvalue weighted by molar-refractivity contribution is 6.31. The van der Waals surface area contributed by atoms with Crippen LogP contribution in [0.1, 0.15) is 28.5 Å². The fraction of sp³-hybridized carbons (Fsp3) is 0.0741. The first-order valence-electron chi connectivity index (χ1n) is 10.7. The highest BCUT2D eigenvalue weighted by atomic mass is 35.5. The first-order chi connectivity index (χ1) is 16.9. The molecule has 1 N–H and O–H groups in total. The molecular weight excluding hydrogens is 485 g/mol. The standard InChI is InChI=1S/C27H21Cl2N3O3/c1-3-13-35-17(2)25-22(16-31-27(34)18-9-12-24(29)30-15-18)26(33)21-11-10-19(28)14-23(21)32(25)20-7-5-4-6-8-20/h3-15H,2,16H2,1H3,(H,31,34)/b13-3-. The van der Waals surface area contributed by atoms with E-state index in [9.17, 15) is 9.59 Å². The van der Waals surface area contributed by atoms with Crippen molar-refractivity contribution in [1.82, 2.24) is 14.9 Å². The molecule has 0 spiro atoms. The number of para-hydroxylation sites is 1. The molecule has 0 aliphatic heterocycles. The molecule has 0 unspecified atom stereocenters. The summed E-state index contributed by atoms with van der Waals surface area (Å²) in [4.78, 5) is 30.4. The van der Waals surface area contributed by atoms with E-state index in [1.807, 2.05) is 34.9 Å². The maximum Gasteiger partial charge on any atom is 0.253 e. The molecule has 0 bridgehead atoms. The van der Waals surface area contributed by atoms with Gasteiger partial charge in [0.25, 0.3) is 5.91 Å². The van der Waals surface area contributed by atoms with Crippen LogP contribution in [-0.4, -0.2) is 15.5 Å². The average molecular weight is 506 g/mol. The van der Waals surface area contributed by atoms with Crippen molar-refractivity contribution >= 4 is 45.8 Å². The van der Waals surface area contributed by atoms with Crippen LogP contribution in [0, 0.1) is 0 Å². The minimum Gasteiger partial charge on any atom is -0.464 e. The van der Waals surface area contributed by atoms with E-state index in [-0.39, 0.29) is 22.9 Å². The number of ether oxygens (including phenoxy) is 1. The second kappa shape index (κ2) is 10.6. The lowest BCUT2D eigenvalue weighted by atomic mass is 10.0. The Labute approximate surface area is 212 Å². The molecule has 6 nitrogen and oxygen atoms in total. The monoisotopic (exact) mass is 505 g/mol. The van der Waals surface area contributed by atoms with Crippen molar-refractivity contribution in [3.05, 3.63) is 123 Å². The molecule has 0 radical (unpaired) electrons. The van der Waals surface area contributed by atoms with Crippen molar-refractivity contribution in [1.29, 1.82) is 0 Å². The van der Waals surface area contributed by atoms with E-state index < -0.39 is 5.91 Å².